The van der Waals surface area contributed by atoms with Crippen LogP contribution in [0.25, 0.3) is 0 Å². The van der Waals surface area contributed by atoms with E-state index < -0.39 is 0 Å². The molecule has 3 N–H and O–H groups in total. The maximum Gasteiger partial charge on any atom is 0.168 e. The van der Waals surface area contributed by atoms with Gasteiger partial charge in [0.25, 0.3) is 0 Å². The Bertz CT molecular complexity index is 589. The van der Waals surface area contributed by atoms with Crippen molar-refractivity contribution in [3.8, 4) is 5.75 Å². The van der Waals surface area contributed by atoms with Crippen LogP contribution in [-0.2, 0) is 6.61 Å². The maximum atomic E-state index is 5.89. The van der Waals surface area contributed by atoms with E-state index in [-0.39, 0.29) is 6.61 Å². The Morgan fingerprint density at radius 2 is 2.05 bits per heavy atom. The third-order valence-corrected chi connectivity index (χ3v) is 2.78. The molecule has 5 nitrogen and oxygen atoms in total. The van der Waals surface area contributed by atoms with E-state index in [1.807, 2.05) is 26.0 Å². The van der Waals surface area contributed by atoms with Crippen molar-refractivity contribution >= 4 is 17.4 Å². The molecule has 0 amide bonds. The SMILES string of the molecule is Cc1cc(NN)nc(COc2ccc(Cl)cc2C)n1. The summed E-state index contributed by atoms with van der Waals surface area (Å²) in [5.41, 5.74) is 4.30. The molecule has 1 aromatic heterocycles. The molecule has 0 saturated carbocycles. The zero-order valence-electron chi connectivity index (χ0n) is 10.8. The highest BCUT2D eigenvalue weighted by molar-refractivity contribution is 6.30. The lowest BCUT2D eigenvalue weighted by Crippen LogP contribution is -2.12. The van der Waals surface area contributed by atoms with Gasteiger partial charge in [0.1, 0.15) is 18.2 Å². The van der Waals surface area contributed by atoms with Gasteiger partial charge in [0.15, 0.2) is 5.82 Å². The number of aromatic nitrogens is 2. The van der Waals surface area contributed by atoms with Gasteiger partial charge in [-0.2, -0.15) is 0 Å². The smallest absolute Gasteiger partial charge is 0.168 e. The standard InChI is InChI=1S/C13H15ClN4O/c1-8-5-10(14)3-4-11(8)19-7-13-16-9(2)6-12(17-13)18-15/h3-6H,7,15H2,1-2H3,(H,16,17,18). The Kier molecular flexibility index (Phi) is 4.19. The van der Waals surface area contributed by atoms with Gasteiger partial charge in [-0.1, -0.05) is 11.6 Å². The molecule has 0 fully saturated rings. The summed E-state index contributed by atoms with van der Waals surface area (Å²) in [6.07, 6.45) is 0. The Morgan fingerprint density at radius 3 is 2.74 bits per heavy atom. The van der Waals surface area contributed by atoms with Crippen molar-refractivity contribution in [2.75, 3.05) is 5.43 Å². The third kappa shape index (κ3) is 3.56. The lowest BCUT2D eigenvalue weighted by molar-refractivity contribution is 0.293. The molecular weight excluding hydrogens is 264 g/mol. The summed E-state index contributed by atoms with van der Waals surface area (Å²) in [5, 5.41) is 0.686. The topological polar surface area (TPSA) is 73.1 Å². The number of benzene rings is 1. The summed E-state index contributed by atoms with van der Waals surface area (Å²) in [4.78, 5) is 8.50. The van der Waals surface area contributed by atoms with E-state index in [4.69, 9.17) is 22.2 Å². The molecule has 2 aromatic rings. The van der Waals surface area contributed by atoms with Crippen LogP contribution in [-0.4, -0.2) is 9.97 Å². The van der Waals surface area contributed by atoms with Crippen molar-refractivity contribution in [2.45, 2.75) is 20.5 Å². The highest BCUT2D eigenvalue weighted by Crippen LogP contribution is 2.22. The van der Waals surface area contributed by atoms with Crippen molar-refractivity contribution in [2.24, 2.45) is 5.84 Å². The van der Waals surface area contributed by atoms with Crippen LogP contribution in [0.3, 0.4) is 0 Å². The number of nitrogens with two attached hydrogens (primary N) is 1. The minimum Gasteiger partial charge on any atom is -0.485 e. The van der Waals surface area contributed by atoms with Crippen molar-refractivity contribution in [1.29, 1.82) is 0 Å². The first-order valence-corrected chi connectivity index (χ1v) is 6.16. The van der Waals surface area contributed by atoms with Gasteiger partial charge in [-0.15, -0.1) is 0 Å². The predicted octanol–water partition coefficient (Wildman–Crippen LogP) is 2.61. The first-order chi connectivity index (χ1) is 9.08. The highest BCUT2D eigenvalue weighted by atomic mass is 35.5. The fourth-order valence-corrected chi connectivity index (χ4v) is 1.91. The molecule has 1 aromatic carbocycles. The normalized spacial score (nSPS) is 10.3. The van der Waals surface area contributed by atoms with Crippen LogP contribution in [0, 0.1) is 13.8 Å². The molecule has 1 heterocycles. The first-order valence-electron chi connectivity index (χ1n) is 5.78. The molecule has 0 aliphatic carbocycles. The number of nitrogens with zero attached hydrogens (tertiary/aromatic N) is 2. The second-order valence-electron chi connectivity index (χ2n) is 4.15. The van der Waals surface area contributed by atoms with E-state index in [1.165, 1.54) is 0 Å². The van der Waals surface area contributed by atoms with E-state index in [2.05, 4.69) is 15.4 Å². The highest BCUT2D eigenvalue weighted by Gasteiger charge is 2.05. The lowest BCUT2D eigenvalue weighted by Gasteiger charge is -2.09. The summed E-state index contributed by atoms with van der Waals surface area (Å²) in [6, 6.07) is 7.22. The molecule has 0 spiro atoms. The summed E-state index contributed by atoms with van der Waals surface area (Å²) in [5.74, 6) is 7.24. The van der Waals surface area contributed by atoms with Crippen LogP contribution in [0.2, 0.25) is 5.02 Å². The fourth-order valence-electron chi connectivity index (χ4n) is 1.69. The molecule has 0 unspecified atom stereocenters. The Balaban J connectivity index is 2.12. The zero-order chi connectivity index (χ0) is 13.8. The molecule has 6 heteroatoms. The minimum atomic E-state index is 0.277. The van der Waals surface area contributed by atoms with Crippen LogP contribution in [0.5, 0.6) is 5.75 Å². The molecule has 0 bridgehead atoms. The van der Waals surface area contributed by atoms with Gasteiger partial charge in [0.2, 0.25) is 0 Å². The predicted molar refractivity (Wildman–Crippen MR) is 75.1 cm³/mol. The van der Waals surface area contributed by atoms with Crippen LogP contribution < -0.4 is 16.0 Å². The second-order valence-corrected chi connectivity index (χ2v) is 4.59. The van der Waals surface area contributed by atoms with Gasteiger partial charge in [-0.05, 0) is 37.6 Å². The van der Waals surface area contributed by atoms with Crippen molar-refractivity contribution in [3.63, 3.8) is 0 Å². The third-order valence-electron chi connectivity index (χ3n) is 2.54. The Morgan fingerprint density at radius 1 is 1.26 bits per heavy atom. The lowest BCUT2D eigenvalue weighted by atomic mass is 10.2. The molecule has 19 heavy (non-hydrogen) atoms. The zero-order valence-corrected chi connectivity index (χ0v) is 11.5. The summed E-state index contributed by atoms with van der Waals surface area (Å²) in [6.45, 7) is 4.09. The van der Waals surface area contributed by atoms with Crippen LogP contribution in [0.15, 0.2) is 24.3 Å². The van der Waals surface area contributed by atoms with E-state index >= 15 is 0 Å². The largest absolute Gasteiger partial charge is 0.485 e. The van der Waals surface area contributed by atoms with Crippen molar-refractivity contribution < 1.29 is 4.74 Å². The number of anilines is 1. The minimum absolute atomic E-state index is 0.277. The van der Waals surface area contributed by atoms with E-state index in [1.54, 1.807) is 12.1 Å². The summed E-state index contributed by atoms with van der Waals surface area (Å²) in [7, 11) is 0. The number of hydrogen-bond donors (Lipinski definition) is 2. The molecule has 0 atom stereocenters. The average molecular weight is 279 g/mol. The number of nitrogens with one attached hydrogen (secondary N) is 1. The number of hydrazine groups is 1. The van der Waals surface area contributed by atoms with Crippen LogP contribution in [0.1, 0.15) is 17.1 Å². The van der Waals surface area contributed by atoms with Gasteiger partial charge in [-0.25, -0.2) is 15.8 Å². The van der Waals surface area contributed by atoms with Crippen LogP contribution >= 0.6 is 11.6 Å². The number of nitrogen functional groups attached to an aromatic ring is 1. The molecule has 0 aliphatic heterocycles. The van der Waals surface area contributed by atoms with Gasteiger partial charge in [-0.3, -0.25) is 0 Å². The average Bonchev–Trinajstić information content (AvgIpc) is 2.37. The fraction of sp³-hybridized carbons (Fsp3) is 0.231. The quantitative estimate of drug-likeness (QED) is 0.664. The second kappa shape index (κ2) is 5.86. The van der Waals surface area contributed by atoms with Gasteiger partial charge < -0.3 is 10.2 Å². The van der Waals surface area contributed by atoms with Crippen molar-refractivity contribution in [1.82, 2.24) is 9.97 Å². The molecule has 0 aliphatic rings. The van der Waals surface area contributed by atoms with E-state index in [0.29, 0.717) is 16.7 Å². The van der Waals surface area contributed by atoms with Crippen LogP contribution in [0.4, 0.5) is 5.82 Å². The van der Waals surface area contributed by atoms with Crippen molar-refractivity contribution in [3.05, 3.63) is 46.4 Å². The van der Waals surface area contributed by atoms with E-state index in [0.717, 1.165) is 17.0 Å². The molecule has 0 saturated heterocycles. The maximum absolute atomic E-state index is 5.89. The molecule has 2 rings (SSSR count). The Labute approximate surface area is 116 Å². The van der Waals surface area contributed by atoms with Gasteiger partial charge in [0.05, 0.1) is 0 Å². The number of rotatable bonds is 4. The van der Waals surface area contributed by atoms with Gasteiger partial charge in [0, 0.05) is 16.8 Å². The monoisotopic (exact) mass is 278 g/mol. The summed E-state index contributed by atoms with van der Waals surface area (Å²) < 4.78 is 5.68. The Hall–Kier alpha value is -1.85. The summed E-state index contributed by atoms with van der Waals surface area (Å²) >= 11 is 5.89. The number of halogens is 1. The molecular formula is C13H15ClN4O. The number of hydrogen-bond acceptors (Lipinski definition) is 5. The number of aryl methyl sites for hydroxylation is 2. The van der Waals surface area contributed by atoms with E-state index in [9.17, 15) is 0 Å². The number of ether oxygens (including phenoxy) is 1. The molecule has 0 radical (unpaired) electrons. The van der Waals surface area contributed by atoms with Gasteiger partial charge >= 0.3 is 0 Å². The first kappa shape index (κ1) is 13.6. The molecule has 100 valence electrons.